The number of carbonyl (C=O) groups excluding carboxylic acids is 1. The molecule has 0 saturated carbocycles. The van der Waals surface area contributed by atoms with Gasteiger partial charge in [-0.2, -0.15) is 0 Å². The summed E-state index contributed by atoms with van der Waals surface area (Å²) < 4.78 is 0. The summed E-state index contributed by atoms with van der Waals surface area (Å²) in [5.74, 6) is 1.13. The first kappa shape index (κ1) is 11.9. The van der Waals surface area contributed by atoms with Crippen molar-refractivity contribution in [3.05, 3.63) is 0 Å². The van der Waals surface area contributed by atoms with Gasteiger partial charge in [-0.15, -0.1) is 0 Å². The summed E-state index contributed by atoms with van der Waals surface area (Å²) in [7, 11) is 0. The molecular weight excluding hydrogens is 202 g/mol. The number of rotatable bonds is 3. The van der Waals surface area contributed by atoms with Gasteiger partial charge in [0.25, 0.3) is 0 Å². The van der Waals surface area contributed by atoms with E-state index in [4.69, 9.17) is 0 Å². The molecule has 4 heteroatoms. The Balaban J connectivity index is 1.65. The molecule has 0 bridgehead atoms. The van der Waals surface area contributed by atoms with Crippen LogP contribution in [0, 0.1) is 5.92 Å². The van der Waals surface area contributed by atoms with Crippen LogP contribution in [0.1, 0.15) is 25.7 Å². The summed E-state index contributed by atoms with van der Waals surface area (Å²) in [5, 5.41) is 6.64. The normalized spacial score (nSPS) is 23.4. The molecule has 1 amide bonds. The van der Waals surface area contributed by atoms with Crippen LogP contribution < -0.4 is 10.6 Å². The first-order chi connectivity index (χ1) is 7.86. The second-order valence-corrected chi connectivity index (χ2v) is 4.86. The van der Waals surface area contributed by atoms with E-state index in [9.17, 15) is 4.79 Å². The summed E-state index contributed by atoms with van der Waals surface area (Å²) in [6, 6.07) is 0. The molecule has 16 heavy (non-hydrogen) atoms. The third-order valence-electron chi connectivity index (χ3n) is 3.69. The molecular formula is C12H23N3O. The highest BCUT2D eigenvalue weighted by molar-refractivity contribution is 5.76. The molecule has 2 heterocycles. The van der Waals surface area contributed by atoms with Gasteiger partial charge in [0.05, 0.1) is 0 Å². The minimum absolute atomic E-state index is 0.361. The Morgan fingerprint density at radius 1 is 1.06 bits per heavy atom. The molecule has 0 aromatic heterocycles. The van der Waals surface area contributed by atoms with Crippen molar-refractivity contribution in [1.82, 2.24) is 15.5 Å². The standard InChI is InChI=1S/C12H23N3O/c16-12(15-9-7-14-8-10-15)2-1-11-3-5-13-6-4-11/h11,13-14H,1-10H2. The Kier molecular flexibility index (Phi) is 4.60. The SMILES string of the molecule is O=C(CCC1CCNCC1)N1CCNCC1. The highest BCUT2D eigenvalue weighted by Gasteiger charge is 2.19. The zero-order valence-electron chi connectivity index (χ0n) is 10.0. The molecule has 2 rings (SSSR count). The molecule has 2 saturated heterocycles. The molecule has 2 fully saturated rings. The Hall–Kier alpha value is -0.610. The summed E-state index contributed by atoms with van der Waals surface area (Å²) in [5.41, 5.74) is 0. The maximum atomic E-state index is 11.9. The van der Waals surface area contributed by atoms with E-state index in [0.29, 0.717) is 5.91 Å². The van der Waals surface area contributed by atoms with E-state index in [1.54, 1.807) is 0 Å². The van der Waals surface area contributed by atoms with E-state index in [1.807, 2.05) is 4.90 Å². The molecule has 4 nitrogen and oxygen atoms in total. The van der Waals surface area contributed by atoms with Crippen LogP contribution in [0.15, 0.2) is 0 Å². The molecule has 0 unspecified atom stereocenters. The van der Waals surface area contributed by atoms with Crippen molar-refractivity contribution in [2.75, 3.05) is 39.3 Å². The van der Waals surface area contributed by atoms with E-state index >= 15 is 0 Å². The number of hydrogen-bond donors (Lipinski definition) is 2. The van der Waals surface area contributed by atoms with E-state index in [1.165, 1.54) is 12.8 Å². The van der Waals surface area contributed by atoms with Gasteiger partial charge < -0.3 is 15.5 Å². The number of piperazine rings is 1. The van der Waals surface area contributed by atoms with E-state index < -0.39 is 0 Å². The van der Waals surface area contributed by atoms with Crippen LogP contribution in [0.2, 0.25) is 0 Å². The first-order valence-electron chi connectivity index (χ1n) is 6.55. The average molecular weight is 225 g/mol. The second-order valence-electron chi connectivity index (χ2n) is 4.86. The fourth-order valence-electron chi connectivity index (χ4n) is 2.57. The van der Waals surface area contributed by atoms with Gasteiger partial charge in [-0.3, -0.25) is 4.79 Å². The Morgan fingerprint density at radius 3 is 2.38 bits per heavy atom. The van der Waals surface area contributed by atoms with Crippen molar-refractivity contribution in [3.63, 3.8) is 0 Å². The molecule has 2 aliphatic rings. The molecule has 2 aliphatic heterocycles. The van der Waals surface area contributed by atoms with Crippen molar-refractivity contribution in [3.8, 4) is 0 Å². The highest BCUT2D eigenvalue weighted by Crippen LogP contribution is 2.18. The highest BCUT2D eigenvalue weighted by atomic mass is 16.2. The van der Waals surface area contributed by atoms with Crippen molar-refractivity contribution < 1.29 is 4.79 Å². The summed E-state index contributed by atoms with van der Waals surface area (Å²) in [4.78, 5) is 13.9. The van der Waals surface area contributed by atoms with Gasteiger partial charge in [-0.25, -0.2) is 0 Å². The van der Waals surface area contributed by atoms with Crippen molar-refractivity contribution in [2.45, 2.75) is 25.7 Å². The number of carbonyl (C=O) groups is 1. The Labute approximate surface area is 97.8 Å². The quantitative estimate of drug-likeness (QED) is 0.721. The molecule has 0 atom stereocenters. The lowest BCUT2D eigenvalue weighted by molar-refractivity contribution is -0.132. The molecule has 0 aromatic carbocycles. The van der Waals surface area contributed by atoms with Crippen molar-refractivity contribution in [2.24, 2.45) is 5.92 Å². The molecule has 0 aliphatic carbocycles. The minimum atomic E-state index is 0.361. The topological polar surface area (TPSA) is 44.4 Å². The summed E-state index contributed by atoms with van der Waals surface area (Å²) in [6.45, 7) is 5.97. The van der Waals surface area contributed by atoms with Crippen molar-refractivity contribution >= 4 is 5.91 Å². The molecule has 92 valence electrons. The van der Waals surface area contributed by atoms with Gasteiger partial charge in [-0.05, 0) is 38.3 Å². The lowest BCUT2D eigenvalue weighted by Crippen LogP contribution is -2.46. The predicted octanol–water partition coefficient (Wildman–Crippen LogP) is 0.198. The third-order valence-corrected chi connectivity index (χ3v) is 3.69. The fraction of sp³-hybridized carbons (Fsp3) is 0.917. The zero-order chi connectivity index (χ0) is 11.2. The zero-order valence-corrected chi connectivity index (χ0v) is 10.0. The van der Waals surface area contributed by atoms with Crippen LogP contribution in [-0.4, -0.2) is 50.1 Å². The lowest BCUT2D eigenvalue weighted by atomic mass is 9.93. The average Bonchev–Trinajstić information content (AvgIpc) is 2.38. The first-order valence-corrected chi connectivity index (χ1v) is 6.55. The summed E-state index contributed by atoms with van der Waals surface area (Å²) in [6.07, 6.45) is 4.33. The van der Waals surface area contributed by atoms with Crippen LogP contribution in [0.3, 0.4) is 0 Å². The Morgan fingerprint density at radius 2 is 1.69 bits per heavy atom. The molecule has 0 aromatic rings. The maximum absolute atomic E-state index is 11.9. The number of amides is 1. The van der Waals surface area contributed by atoms with Crippen LogP contribution >= 0.6 is 0 Å². The smallest absolute Gasteiger partial charge is 0.222 e. The number of nitrogens with one attached hydrogen (secondary N) is 2. The van der Waals surface area contributed by atoms with Gasteiger partial charge >= 0.3 is 0 Å². The number of hydrogen-bond acceptors (Lipinski definition) is 3. The van der Waals surface area contributed by atoms with E-state index in [2.05, 4.69) is 10.6 Å². The lowest BCUT2D eigenvalue weighted by Gasteiger charge is -2.28. The van der Waals surface area contributed by atoms with E-state index in [-0.39, 0.29) is 0 Å². The van der Waals surface area contributed by atoms with Crippen LogP contribution in [0.5, 0.6) is 0 Å². The van der Waals surface area contributed by atoms with Gasteiger partial charge in [0.2, 0.25) is 5.91 Å². The minimum Gasteiger partial charge on any atom is -0.340 e. The van der Waals surface area contributed by atoms with Crippen molar-refractivity contribution in [1.29, 1.82) is 0 Å². The number of piperidine rings is 1. The summed E-state index contributed by atoms with van der Waals surface area (Å²) >= 11 is 0. The van der Waals surface area contributed by atoms with Crippen LogP contribution in [0.4, 0.5) is 0 Å². The molecule has 0 radical (unpaired) electrons. The second kappa shape index (κ2) is 6.21. The largest absolute Gasteiger partial charge is 0.340 e. The molecule has 2 N–H and O–H groups in total. The Bertz CT molecular complexity index is 220. The monoisotopic (exact) mass is 225 g/mol. The van der Waals surface area contributed by atoms with Crippen LogP contribution in [-0.2, 0) is 4.79 Å². The predicted molar refractivity (Wildman–Crippen MR) is 64.3 cm³/mol. The number of nitrogens with zero attached hydrogens (tertiary/aromatic N) is 1. The van der Waals surface area contributed by atoms with Gasteiger partial charge in [-0.1, -0.05) is 0 Å². The molecule has 0 spiro atoms. The third kappa shape index (κ3) is 3.46. The van der Waals surface area contributed by atoms with Gasteiger partial charge in [0.1, 0.15) is 0 Å². The van der Waals surface area contributed by atoms with Crippen LogP contribution in [0.25, 0.3) is 0 Å². The fourth-order valence-corrected chi connectivity index (χ4v) is 2.57. The van der Waals surface area contributed by atoms with Gasteiger partial charge in [0.15, 0.2) is 0 Å². The van der Waals surface area contributed by atoms with E-state index in [0.717, 1.165) is 58.0 Å². The maximum Gasteiger partial charge on any atom is 0.222 e. The van der Waals surface area contributed by atoms with Gasteiger partial charge in [0, 0.05) is 32.6 Å².